The summed E-state index contributed by atoms with van der Waals surface area (Å²) in [6.07, 6.45) is 9.74. The van der Waals surface area contributed by atoms with Crippen LogP contribution in [0.15, 0.2) is 108 Å². The Kier molecular flexibility index (Phi) is 8.48. The smallest absolute Gasteiger partial charge is 0.238 e. The first kappa shape index (κ1) is 32.8. The van der Waals surface area contributed by atoms with E-state index in [1.807, 2.05) is 54.6 Å². The van der Waals surface area contributed by atoms with Crippen molar-refractivity contribution in [3.8, 4) is 17.2 Å². The molecule has 0 spiro atoms. The second-order valence-electron chi connectivity index (χ2n) is 13.1. The Balaban J connectivity index is 1.22. The number of hydrogen-bond donors (Lipinski definition) is 1. The normalized spacial score (nSPS) is 23.0. The van der Waals surface area contributed by atoms with Gasteiger partial charge in [-0.25, -0.2) is 0 Å². The van der Waals surface area contributed by atoms with Crippen molar-refractivity contribution in [3.63, 3.8) is 0 Å². The molecule has 4 aliphatic rings. The number of fused-ring (bicyclic) bond motifs is 3. The number of rotatable bonds is 8. The zero-order valence-electron chi connectivity index (χ0n) is 28.1. The minimum atomic E-state index is -0.721. The molecule has 2 amide bonds. The number of carbonyl (C=O) groups is 4. The fourth-order valence-electron chi connectivity index (χ4n) is 8.05. The summed E-state index contributed by atoms with van der Waals surface area (Å²) in [5.41, 5.74) is 5.15. The molecule has 1 aliphatic heterocycles. The number of nitrogens with zero attached hydrogens (tertiary/aromatic N) is 1. The molecule has 3 aromatic rings. The number of amides is 2. The maximum Gasteiger partial charge on any atom is 0.238 e. The van der Waals surface area contributed by atoms with E-state index in [9.17, 15) is 24.3 Å². The number of imide groups is 1. The number of phenolic OH excluding ortho intramolecular Hbond substituents is 1. The van der Waals surface area contributed by atoms with Gasteiger partial charge in [0.15, 0.2) is 11.6 Å². The lowest BCUT2D eigenvalue weighted by Gasteiger charge is -2.42. The van der Waals surface area contributed by atoms with Gasteiger partial charge in [-0.05, 0) is 79.6 Å². The molecule has 1 saturated heterocycles. The van der Waals surface area contributed by atoms with Crippen molar-refractivity contribution in [1.82, 2.24) is 0 Å². The monoisotopic (exact) mass is 667 g/mol. The topological polar surface area (TPSA) is 110 Å². The van der Waals surface area contributed by atoms with Crippen molar-refractivity contribution >= 4 is 41.2 Å². The number of Topliss-reactive ketones (excluding diaryl/α,β-unsaturated/α-hetero) is 1. The van der Waals surface area contributed by atoms with Gasteiger partial charge in [0.05, 0.1) is 31.7 Å². The maximum atomic E-state index is 14.4. The summed E-state index contributed by atoms with van der Waals surface area (Å²) in [6.45, 7) is 5.42. The van der Waals surface area contributed by atoms with Crippen LogP contribution in [-0.2, 0) is 25.6 Å². The summed E-state index contributed by atoms with van der Waals surface area (Å²) in [6, 6.07) is 18.1. The molecular weight excluding hydrogens is 630 g/mol. The molecule has 4 unspecified atom stereocenters. The van der Waals surface area contributed by atoms with Crippen LogP contribution >= 0.6 is 0 Å². The Morgan fingerprint density at radius 1 is 0.940 bits per heavy atom. The number of para-hydroxylation sites is 1. The van der Waals surface area contributed by atoms with Crippen LogP contribution in [0.25, 0.3) is 12.2 Å². The van der Waals surface area contributed by atoms with Crippen LogP contribution in [0, 0.1) is 17.8 Å². The minimum Gasteiger partial charge on any atom is -0.507 e. The molecule has 8 heteroatoms. The highest BCUT2D eigenvalue weighted by atomic mass is 16.5. The van der Waals surface area contributed by atoms with Crippen LogP contribution in [0.5, 0.6) is 17.2 Å². The van der Waals surface area contributed by atoms with Gasteiger partial charge < -0.3 is 14.6 Å². The maximum absolute atomic E-state index is 14.4. The lowest BCUT2D eigenvalue weighted by molar-refractivity contribution is -0.123. The molecule has 0 radical (unpaired) electrons. The van der Waals surface area contributed by atoms with E-state index in [2.05, 4.69) is 6.58 Å². The number of phenols is 1. The number of hydrogen-bond acceptors (Lipinski definition) is 7. The molecule has 4 atom stereocenters. The molecule has 0 bridgehead atoms. The molecule has 1 N–H and O–H groups in total. The first-order valence-electron chi connectivity index (χ1n) is 16.7. The van der Waals surface area contributed by atoms with E-state index in [1.165, 1.54) is 11.0 Å². The highest BCUT2D eigenvalue weighted by molar-refractivity contribution is 6.25. The number of carbonyl (C=O) groups excluding carboxylic acids is 4. The van der Waals surface area contributed by atoms with Gasteiger partial charge in [-0.2, -0.15) is 0 Å². The van der Waals surface area contributed by atoms with Crippen molar-refractivity contribution < 1.29 is 33.8 Å². The van der Waals surface area contributed by atoms with E-state index in [-0.39, 0.29) is 35.6 Å². The first-order valence-corrected chi connectivity index (χ1v) is 16.7. The largest absolute Gasteiger partial charge is 0.507 e. The third-order valence-electron chi connectivity index (χ3n) is 10.4. The first-order chi connectivity index (χ1) is 24.2. The van der Waals surface area contributed by atoms with E-state index < -0.39 is 23.7 Å². The van der Waals surface area contributed by atoms with Gasteiger partial charge in [0.1, 0.15) is 17.2 Å². The number of benzene rings is 3. The molecular formula is C42H37NO7. The zero-order valence-corrected chi connectivity index (χ0v) is 28.1. The zero-order chi connectivity index (χ0) is 35.3. The van der Waals surface area contributed by atoms with Crippen LogP contribution in [0.4, 0.5) is 5.69 Å². The van der Waals surface area contributed by atoms with Gasteiger partial charge in [-0.15, -0.1) is 6.58 Å². The van der Waals surface area contributed by atoms with Crippen LogP contribution in [0.2, 0.25) is 0 Å². The van der Waals surface area contributed by atoms with E-state index in [0.29, 0.717) is 57.9 Å². The lowest BCUT2D eigenvalue weighted by atomic mass is 9.59. The predicted molar refractivity (Wildman–Crippen MR) is 191 cm³/mol. The number of ketones is 2. The van der Waals surface area contributed by atoms with Crippen LogP contribution in [0.3, 0.4) is 0 Å². The van der Waals surface area contributed by atoms with Crippen molar-refractivity contribution in [3.05, 3.63) is 130 Å². The van der Waals surface area contributed by atoms with Crippen molar-refractivity contribution in [1.29, 1.82) is 0 Å². The molecule has 1 heterocycles. The van der Waals surface area contributed by atoms with Gasteiger partial charge >= 0.3 is 0 Å². The molecule has 7 rings (SSSR count). The van der Waals surface area contributed by atoms with Gasteiger partial charge in [0, 0.05) is 33.8 Å². The summed E-state index contributed by atoms with van der Waals surface area (Å²) >= 11 is 0. The molecule has 8 nitrogen and oxygen atoms in total. The van der Waals surface area contributed by atoms with Crippen molar-refractivity contribution in [2.75, 3.05) is 19.1 Å². The second kappa shape index (κ2) is 12.9. The molecule has 0 aromatic heterocycles. The van der Waals surface area contributed by atoms with Gasteiger partial charge in [-0.1, -0.05) is 60.2 Å². The third kappa shape index (κ3) is 5.32. The predicted octanol–water partition coefficient (Wildman–Crippen LogP) is 6.94. The third-order valence-corrected chi connectivity index (χ3v) is 10.4. The summed E-state index contributed by atoms with van der Waals surface area (Å²) < 4.78 is 10.8. The summed E-state index contributed by atoms with van der Waals surface area (Å²) in [4.78, 5) is 56.8. The number of ether oxygens (including phenoxy) is 2. The highest BCUT2D eigenvalue weighted by Gasteiger charge is 2.56. The summed E-state index contributed by atoms with van der Waals surface area (Å²) in [5, 5.41) is 11.4. The quantitative estimate of drug-likeness (QED) is 0.120. The average molecular weight is 668 g/mol. The number of anilines is 1. The van der Waals surface area contributed by atoms with Crippen molar-refractivity contribution in [2.45, 2.75) is 32.1 Å². The summed E-state index contributed by atoms with van der Waals surface area (Å²) in [7, 11) is 3.21. The molecule has 252 valence electrons. The van der Waals surface area contributed by atoms with Crippen molar-refractivity contribution in [2.24, 2.45) is 17.8 Å². The van der Waals surface area contributed by atoms with E-state index in [0.717, 1.165) is 16.7 Å². The van der Waals surface area contributed by atoms with Crippen LogP contribution < -0.4 is 14.4 Å². The van der Waals surface area contributed by atoms with Crippen LogP contribution in [0.1, 0.15) is 47.9 Å². The minimum absolute atomic E-state index is 0.0360. The van der Waals surface area contributed by atoms with Crippen LogP contribution in [-0.4, -0.2) is 42.7 Å². The summed E-state index contributed by atoms with van der Waals surface area (Å²) in [5.74, 6) is -2.23. The Morgan fingerprint density at radius 2 is 1.72 bits per heavy atom. The van der Waals surface area contributed by atoms with Gasteiger partial charge in [0.2, 0.25) is 11.8 Å². The SMILES string of the molecule is C=CCc1cccc(C2C3=CCC4C(=O)N(c5ccc(C=Cc6cc(OC)ccc6OC)cc5)C(=O)C4C3CC3=C2C(=O)C=C(C)C3=O)c1O. The molecule has 3 aliphatic carbocycles. The number of aromatic hydroxyl groups is 1. The molecule has 3 aromatic carbocycles. The Morgan fingerprint density at radius 3 is 2.44 bits per heavy atom. The Hall–Kier alpha value is -5.76. The average Bonchev–Trinajstić information content (AvgIpc) is 3.39. The highest BCUT2D eigenvalue weighted by Crippen LogP contribution is 2.56. The number of methoxy groups -OCH3 is 2. The molecule has 1 fully saturated rings. The standard InChI is InChI=1S/C42H37NO7/c1-5-7-25-8-6-9-30(40(25)46)36-29-17-18-31-37(32(29)22-33-38(36)34(44)20-23(2)39(33)45)42(48)43(41(31)47)27-14-11-24(12-15-27)10-13-26-21-28(49-3)16-19-35(26)50-4/h5-6,8-17,19-21,31-32,36-37,46H,1,7,18,22H2,2-4H3. The Labute approximate surface area is 290 Å². The second-order valence-corrected chi connectivity index (χ2v) is 13.1. The fraction of sp³-hybridized carbons (Fsp3) is 0.238. The Bertz CT molecular complexity index is 2100. The fourth-order valence-corrected chi connectivity index (χ4v) is 8.05. The number of allylic oxidation sites excluding steroid dienone is 7. The lowest BCUT2D eigenvalue weighted by Crippen LogP contribution is -2.39. The van der Waals surface area contributed by atoms with E-state index in [4.69, 9.17) is 9.47 Å². The molecule has 50 heavy (non-hydrogen) atoms. The van der Waals surface area contributed by atoms with Gasteiger partial charge in [-0.3, -0.25) is 24.1 Å². The van der Waals surface area contributed by atoms with E-state index in [1.54, 1.807) is 51.5 Å². The molecule has 0 saturated carbocycles. The van der Waals surface area contributed by atoms with E-state index >= 15 is 0 Å². The van der Waals surface area contributed by atoms with Gasteiger partial charge in [0.25, 0.3) is 0 Å².